The van der Waals surface area contributed by atoms with E-state index in [9.17, 15) is 18.0 Å². The molecule has 0 bridgehead atoms. The molecule has 128 valence electrons. The van der Waals surface area contributed by atoms with Crippen molar-refractivity contribution in [3.63, 3.8) is 0 Å². The summed E-state index contributed by atoms with van der Waals surface area (Å²) in [5.74, 6) is -1.31. The Morgan fingerprint density at radius 3 is 2.52 bits per heavy atom. The van der Waals surface area contributed by atoms with Gasteiger partial charge in [0, 0.05) is 13.1 Å². The van der Waals surface area contributed by atoms with Crippen LogP contribution in [0.3, 0.4) is 0 Å². The normalized spacial score (nSPS) is 23.2. The van der Waals surface area contributed by atoms with Crippen LogP contribution >= 0.6 is 0 Å². The monoisotopic (exact) mass is 328 g/mol. The van der Waals surface area contributed by atoms with Crippen molar-refractivity contribution in [3.8, 4) is 0 Å². The number of benzene rings is 1. The predicted octanol–water partition coefficient (Wildman–Crippen LogP) is 4.51. The molecule has 2 amide bonds. The number of halogens is 3. The molecular formula is C17H23F3N2O. The Bertz CT molecular complexity index is 518. The number of alkyl halides is 3. The number of urea groups is 1. The quantitative estimate of drug-likeness (QED) is 0.870. The molecule has 6 heteroatoms. The smallest absolute Gasteiger partial charge is 0.335 e. The molecule has 0 spiro atoms. The lowest BCUT2D eigenvalue weighted by atomic mass is 9.85. The minimum Gasteiger partial charge on any atom is -0.335 e. The summed E-state index contributed by atoms with van der Waals surface area (Å²) in [5, 5.41) is 2.76. The van der Waals surface area contributed by atoms with Gasteiger partial charge in [-0.05, 0) is 31.7 Å². The highest BCUT2D eigenvalue weighted by molar-refractivity contribution is 5.74. The van der Waals surface area contributed by atoms with E-state index in [0.717, 1.165) is 5.56 Å². The van der Waals surface area contributed by atoms with Crippen molar-refractivity contribution in [2.75, 3.05) is 7.05 Å². The van der Waals surface area contributed by atoms with Gasteiger partial charge in [-0.3, -0.25) is 0 Å². The van der Waals surface area contributed by atoms with Crippen LogP contribution < -0.4 is 5.32 Å². The fourth-order valence-electron chi connectivity index (χ4n) is 3.03. The van der Waals surface area contributed by atoms with Crippen molar-refractivity contribution in [2.45, 2.75) is 50.9 Å². The van der Waals surface area contributed by atoms with Gasteiger partial charge in [0.2, 0.25) is 0 Å². The molecule has 0 aromatic heterocycles. The summed E-state index contributed by atoms with van der Waals surface area (Å²) in [4.78, 5) is 13.9. The molecule has 0 heterocycles. The van der Waals surface area contributed by atoms with Crippen LogP contribution in [0.25, 0.3) is 0 Å². The molecule has 1 aromatic carbocycles. The van der Waals surface area contributed by atoms with Gasteiger partial charge in [-0.25, -0.2) is 4.79 Å². The zero-order valence-corrected chi connectivity index (χ0v) is 13.4. The maximum atomic E-state index is 12.8. The lowest BCUT2D eigenvalue weighted by molar-refractivity contribution is -0.183. The molecule has 3 atom stereocenters. The van der Waals surface area contributed by atoms with Crippen LogP contribution in [0.15, 0.2) is 30.3 Å². The summed E-state index contributed by atoms with van der Waals surface area (Å²) >= 11 is 0. The molecule has 1 fully saturated rings. The third-order valence-electron chi connectivity index (χ3n) is 4.65. The summed E-state index contributed by atoms with van der Waals surface area (Å²) in [6, 6.07) is 8.67. The van der Waals surface area contributed by atoms with Crippen LogP contribution in [0.5, 0.6) is 0 Å². The van der Waals surface area contributed by atoms with Crippen LogP contribution in [0, 0.1) is 5.92 Å². The molecule has 1 N–H and O–H groups in total. The van der Waals surface area contributed by atoms with Crippen molar-refractivity contribution in [2.24, 2.45) is 5.92 Å². The maximum Gasteiger partial charge on any atom is 0.391 e. The molecule has 0 radical (unpaired) electrons. The maximum absolute atomic E-state index is 12.8. The van der Waals surface area contributed by atoms with Crippen LogP contribution in [0.2, 0.25) is 0 Å². The molecular weight excluding hydrogens is 305 g/mol. The highest BCUT2D eigenvalue weighted by Crippen LogP contribution is 2.37. The number of nitrogens with one attached hydrogen (secondary N) is 1. The Morgan fingerprint density at radius 2 is 1.91 bits per heavy atom. The summed E-state index contributed by atoms with van der Waals surface area (Å²) in [5.41, 5.74) is 0.988. The van der Waals surface area contributed by atoms with E-state index >= 15 is 0 Å². The Morgan fingerprint density at radius 1 is 1.26 bits per heavy atom. The van der Waals surface area contributed by atoms with E-state index in [2.05, 4.69) is 5.32 Å². The van der Waals surface area contributed by atoms with E-state index in [0.29, 0.717) is 12.8 Å². The standard InChI is InChI=1S/C17H23F3N2O/c1-12(13-7-4-3-5-8-13)22(2)16(23)21-15-10-6-9-14(11-15)17(18,19)20/h3-5,7-8,12,14-15H,6,9-11H2,1-2H3,(H,21,23)/t12-,14+,15+/m1/s1. The second-order valence-corrected chi connectivity index (χ2v) is 6.25. The SMILES string of the molecule is C[C@H](c1ccccc1)N(C)C(=O)N[C@H]1CCC[C@H](C(F)(F)F)C1. The first-order chi connectivity index (χ1) is 10.8. The van der Waals surface area contributed by atoms with E-state index < -0.39 is 18.1 Å². The third kappa shape index (κ3) is 4.62. The van der Waals surface area contributed by atoms with Crippen molar-refractivity contribution in [3.05, 3.63) is 35.9 Å². The van der Waals surface area contributed by atoms with Crippen molar-refractivity contribution in [1.82, 2.24) is 10.2 Å². The Labute approximate surface area is 134 Å². The zero-order chi connectivity index (χ0) is 17.0. The molecule has 2 rings (SSSR count). The topological polar surface area (TPSA) is 32.3 Å². The summed E-state index contributed by atoms with van der Waals surface area (Å²) in [6.45, 7) is 1.90. The van der Waals surface area contributed by atoms with Gasteiger partial charge in [0.15, 0.2) is 0 Å². The second kappa shape index (κ2) is 7.23. The van der Waals surface area contributed by atoms with Gasteiger partial charge in [0.1, 0.15) is 0 Å². The Hall–Kier alpha value is -1.72. The molecule has 23 heavy (non-hydrogen) atoms. The van der Waals surface area contributed by atoms with E-state index in [1.807, 2.05) is 37.3 Å². The van der Waals surface area contributed by atoms with Gasteiger partial charge in [0.05, 0.1) is 12.0 Å². The number of carbonyl (C=O) groups is 1. The molecule has 0 aliphatic heterocycles. The fraction of sp³-hybridized carbons (Fsp3) is 0.588. The largest absolute Gasteiger partial charge is 0.391 e. The van der Waals surface area contributed by atoms with Gasteiger partial charge in [-0.2, -0.15) is 13.2 Å². The van der Waals surface area contributed by atoms with Crippen LogP contribution in [-0.2, 0) is 0 Å². The Kier molecular flexibility index (Phi) is 5.55. The average molecular weight is 328 g/mol. The summed E-state index contributed by atoms with van der Waals surface area (Å²) < 4.78 is 38.5. The molecule has 1 aliphatic rings. The van der Waals surface area contributed by atoms with Crippen LogP contribution in [0.4, 0.5) is 18.0 Å². The summed E-state index contributed by atoms with van der Waals surface area (Å²) in [7, 11) is 1.66. The highest BCUT2D eigenvalue weighted by Gasteiger charge is 2.42. The third-order valence-corrected chi connectivity index (χ3v) is 4.65. The number of hydrogen-bond donors (Lipinski definition) is 1. The second-order valence-electron chi connectivity index (χ2n) is 6.25. The van der Waals surface area contributed by atoms with Crippen molar-refractivity contribution < 1.29 is 18.0 Å². The molecule has 3 nitrogen and oxygen atoms in total. The minimum atomic E-state index is -4.17. The van der Waals surface area contributed by atoms with Gasteiger partial charge >= 0.3 is 12.2 Å². The average Bonchev–Trinajstić information content (AvgIpc) is 2.53. The van der Waals surface area contributed by atoms with Crippen LogP contribution in [-0.4, -0.2) is 30.2 Å². The van der Waals surface area contributed by atoms with Crippen molar-refractivity contribution in [1.29, 1.82) is 0 Å². The Balaban J connectivity index is 1.93. The van der Waals surface area contributed by atoms with Gasteiger partial charge in [-0.1, -0.05) is 36.8 Å². The first kappa shape index (κ1) is 17.6. The molecule has 0 saturated heterocycles. The van der Waals surface area contributed by atoms with E-state index in [-0.39, 0.29) is 24.9 Å². The molecule has 1 aliphatic carbocycles. The first-order valence-electron chi connectivity index (χ1n) is 7.94. The zero-order valence-electron chi connectivity index (χ0n) is 13.4. The molecule has 0 unspecified atom stereocenters. The highest BCUT2D eigenvalue weighted by atomic mass is 19.4. The van der Waals surface area contributed by atoms with Crippen molar-refractivity contribution >= 4 is 6.03 Å². The van der Waals surface area contributed by atoms with E-state index in [4.69, 9.17) is 0 Å². The fourth-order valence-corrected chi connectivity index (χ4v) is 3.03. The number of carbonyl (C=O) groups excluding carboxylic acids is 1. The van der Waals surface area contributed by atoms with Gasteiger partial charge in [-0.15, -0.1) is 0 Å². The number of hydrogen-bond acceptors (Lipinski definition) is 1. The van der Waals surface area contributed by atoms with Gasteiger partial charge in [0.25, 0.3) is 0 Å². The van der Waals surface area contributed by atoms with Crippen LogP contribution in [0.1, 0.15) is 44.2 Å². The van der Waals surface area contributed by atoms with Gasteiger partial charge < -0.3 is 10.2 Å². The number of nitrogens with zero attached hydrogens (tertiary/aromatic N) is 1. The number of rotatable bonds is 3. The predicted molar refractivity (Wildman–Crippen MR) is 83.0 cm³/mol. The first-order valence-corrected chi connectivity index (χ1v) is 7.94. The lowest BCUT2D eigenvalue weighted by Crippen LogP contribution is -2.47. The van der Waals surface area contributed by atoms with E-state index in [1.165, 1.54) is 4.90 Å². The summed E-state index contributed by atoms with van der Waals surface area (Å²) in [6.07, 6.45) is -2.94. The number of amides is 2. The lowest BCUT2D eigenvalue weighted by Gasteiger charge is -2.33. The molecule has 1 aromatic rings. The minimum absolute atomic E-state index is 0.0250. The van der Waals surface area contributed by atoms with E-state index in [1.54, 1.807) is 7.05 Å². The molecule has 1 saturated carbocycles.